The van der Waals surface area contributed by atoms with Crippen LogP contribution in [0.1, 0.15) is 0 Å². The summed E-state index contributed by atoms with van der Waals surface area (Å²) in [5, 5.41) is 5.33. The Morgan fingerprint density at radius 1 is 1.31 bits per heavy atom. The maximum absolute atomic E-state index is 11.0. The zero-order valence-corrected chi connectivity index (χ0v) is 8.01. The van der Waals surface area contributed by atoms with Gasteiger partial charge in [0.25, 0.3) is 0 Å². The Morgan fingerprint density at radius 3 is 1.92 bits per heavy atom. The Kier molecular flexibility index (Phi) is 4.90. The number of hydrogen-bond acceptors (Lipinski definition) is 6. The van der Waals surface area contributed by atoms with Crippen molar-refractivity contribution in [1.82, 2.24) is 0 Å². The first-order valence-electron chi connectivity index (χ1n) is 3.19. The van der Waals surface area contributed by atoms with Crippen LogP contribution in [0.15, 0.2) is 0 Å². The van der Waals surface area contributed by atoms with Crippen LogP contribution in [-0.4, -0.2) is 36.6 Å². The molecule has 13 heavy (non-hydrogen) atoms. The number of amidine groups is 1. The Bertz CT molecular complexity index is 215. The highest BCUT2D eigenvalue weighted by atomic mass is 32.2. The Labute approximate surface area is 79.3 Å². The van der Waals surface area contributed by atoms with Crippen LogP contribution in [0.5, 0.6) is 0 Å². The van der Waals surface area contributed by atoms with E-state index in [4.69, 9.17) is 11.1 Å². The van der Waals surface area contributed by atoms with Crippen molar-refractivity contribution >= 4 is 28.9 Å². The quantitative estimate of drug-likeness (QED) is 0.275. The van der Waals surface area contributed by atoms with Crippen LogP contribution in [0.25, 0.3) is 0 Å². The molecule has 0 rings (SSSR count). The number of rotatable bonds is 3. The van der Waals surface area contributed by atoms with Crippen molar-refractivity contribution in [3.8, 4) is 0 Å². The second kappa shape index (κ2) is 5.41. The van der Waals surface area contributed by atoms with Crippen molar-refractivity contribution in [3.05, 3.63) is 0 Å². The van der Waals surface area contributed by atoms with Gasteiger partial charge in [-0.1, -0.05) is 11.8 Å². The molecule has 0 fully saturated rings. The first-order valence-corrected chi connectivity index (χ1v) is 4.07. The van der Waals surface area contributed by atoms with Crippen LogP contribution >= 0.6 is 11.8 Å². The second-order valence-electron chi connectivity index (χ2n) is 1.91. The largest absolute Gasteiger partial charge is 0.468 e. The second-order valence-corrected chi connectivity index (χ2v) is 3.06. The van der Waals surface area contributed by atoms with Gasteiger partial charge in [0.15, 0.2) is 5.17 Å². The summed E-state index contributed by atoms with van der Waals surface area (Å²) in [4.78, 5) is 21.9. The molecule has 0 aliphatic heterocycles. The van der Waals surface area contributed by atoms with Gasteiger partial charge >= 0.3 is 11.9 Å². The zero-order valence-electron chi connectivity index (χ0n) is 7.20. The summed E-state index contributed by atoms with van der Waals surface area (Å²) in [7, 11) is 2.28. The molecule has 0 aliphatic rings. The Balaban J connectivity index is 4.45. The lowest BCUT2D eigenvalue weighted by Crippen LogP contribution is -2.31. The van der Waals surface area contributed by atoms with Crippen molar-refractivity contribution in [2.75, 3.05) is 14.2 Å². The molecule has 0 aromatic rings. The van der Waals surface area contributed by atoms with E-state index in [2.05, 4.69) is 9.47 Å². The SMILES string of the molecule is COC(=O)C(SC(=N)N)C(=O)OC. The average molecular weight is 206 g/mol. The number of methoxy groups -OCH3 is 2. The molecule has 0 aromatic carbocycles. The van der Waals surface area contributed by atoms with Gasteiger partial charge in [-0.05, 0) is 0 Å². The highest BCUT2D eigenvalue weighted by Gasteiger charge is 2.30. The highest BCUT2D eigenvalue weighted by molar-refractivity contribution is 8.15. The maximum Gasteiger partial charge on any atom is 0.330 e. The predicted molar refractivity (Wildman–Crippen MR) is 47.3 cm³/mol. The third-order valence-corrected chi connectivity index (χ3v) is 1.95. The summed E-state index contributed by atoms with van der Waals surface area (Å²) in [5.74, 6) is -1.57. The molecule has 0 heterocycles. The van der Waals surface area contributed by atoms with Gasteiger partial charge in [0.2, 0.25) is 5.25 Å². The fraction of sp³-hybridized carbons (Fsp3) is 0.500. The fourth-order valence-corrected chi connectivity index (χ4v) is 1.17. The molecule has 0 atom stereocenters. The number of thioether (sulfide) groups is 1. The molecule has 0 radical (unpaired) electrons. The molecular formula is C6H10N2O4S. The number of esters is 2. The van der Waals surface area contributed by atoms with Crippen molar-refractivity contribution in [3.63, 3.8) is 0 Å². The zero-order chi connectivity index (χ0) is 10.4. The summed E-state index contributed by atoms with van der Waals surface area (Å²) in [6.45, 7) is 0. The smallest absolute Gasteiger partial charge is 0.330 e. The predicted octanol–water partition coefficient (Wildman–Crippen LogP) is -0.672. The van der Waals surface area contributed by atoms with E-state index in [1.165, 1.54) is 0 Å². The number of nitrogens with one attached hydrogen (secondary N) is 1. The molecule has 0 saturated heterocycles. The van der Waals surface area contributed by atoms with Crippen LogP contribution < -0.4 is 5.73 Å². The van der Waals surface area contributed by atoms with Crippen LogP contribution in [0, 0.1) is 5.41 Å². The lowest BCUT2D eigenvalue weighted by molar-refractivity contribution is -0.150. The van der Waals surface area contributed by atoms with E-state index >= 15 is 0 Å². The molecule has 0 bridgehead atoms. The number of ether oxygens (including phenoxy) is 2. The van der Waals surface area contributed by atoms with Gasteiger partial charge in [0.05, 0.1) is 14.2 Å². The van der Waals surface area contributed by atoms with Crippen LogP contribution in [0.3, 0.4) is 0 Å². The molecule has 0 saturated carbocycles. The first kappa shape index (κ1) is 11.8. The summed E-state index contributed by atoms with van der Waals surface area (Å²) in [5.41, 5.74) is 5.01. The number of carbonyl (C=O) groups excluding carboxylic acids is 2. The number of nitrogens with two attached hydrogens (primary N) is 1. The van der Waals surface area contributed by atoms with Crippen LogP contribution in [0.2, 0.25) is 0 Å². The molecule has 0 spiro atoms. The maximum atomic E-state index is 11.0. The lowest BCUT2D eigenvalue weighted by Gasteiger charge is -2.09. The summed E-state index contributed by atoms with van der Waals surface area (Å²) >= 11 is 0.577. The van der Waals surface area contributed by atoms with Gasteiger partial charge in [0.1, 0.15) is 0 Å². The molecule has 74 valence electrons. The van der Waals surface area contributed by atoms with E-state index in [1.54, 1.807) is 0 Å². The summed E-state index contributed by atoms with van der Waals surface area (Å²) in [6.07, 6.45) is 0. The van der Waals surface area contributed by atoms with Crippen molar-refractivity contribution < 1.29 is 19.1 Å². The van der Waals surface area contributed by atoms with E-state index in [0.717, 1.165) is 14.2 Å². The third-order valence-electron chi connectivity index (χ3n) is 1.08. The van der Waals surface area contributed by atoms with Gasteiger partial charge in [-0.2, -0.15) is 0 Å². The minimum absolute atomic E-state index is 0.346. The van der Waals surface area contributed by atoms with E-state index in [-0.39, 0.29) is 5.17 Å². The average Bonchev–Trinajstić information content (AvgIpc) is 2.11. The van der Waals surface area contributed by atoms with Gasteiger partial charge < -0.3 is 15.2 Å². The van der Waals surface area contributed by atoms with E-state index < -0.39 is 17.2 Å². The fourth-order valence-electron chi connectivity index (χ4n) is 0.533. The minimum atomic E-state index is -1.22. The van der Waals surface area contributed by atoms with E-state index in [1.807, 2.05) is 0 Å². The first-order chi connectivity index (χ1) is 6.02. The molecule has 6 nitrogen and oxygen atoms in total. The third kappa shape index (κ3) is 3.79. The normalized spacial score (nSPS) is 9.46. The molecule has 3 N–H and O–H groups in total. The topological polar surface area (TPSA) is 102 Å². The molecule has 0 aromatic heterocycles. The Hall–Kier alpha value is -1.24. The standard InChI is InChI=1S/C6H10N2O4S/c1-11-4(9)3(5(10)12-2)13-6(7)8/h3H,1-2H3,(H3,7,8). The van der Waals surface area contributed by atoms with Crippen LogP contribution in [0.4, 0.5) is 0 Å². The van der Waals surface area contributed by atoms with E-state index in [9.17, 15) is 9.59 Å². The summed E-state index contributed by atoms with van der Waals surface area (Å²) < 4.78 is 8.65. The van der Waals surface area contributed by atoms with Gasteiger partial charge in [0, 0.05) is 0 Å². The number of carbonyl (C=O) groups is 2. The monoisotopic (exact) mass is 206 g/mol. The van der Waals surface area contributed by atoms with Gasteiger partial charge in [-0.25, -0.2) is 0 Å². The lowest BCUT2D eigenvalue weighted by atomic mass is 10.4. The molecule has 0 aliphatic carbocycles. The minimum Gasteiger partial charge on any atom is -0.468 e. The van der Waals surface area contributed by atoms with Crippen LogP contribution in [-0.2, 0) is 19.1 Å². The molecule has 7 heteroatoms. The molecule has 0 unspecified atom stereocenters. The van der Waals surface area contributed by atoms with E-state index in [0.29, 0.717) is 11.8 Å². The highest BCUT2D eigenvalue weighted by Crippen LogP contribution is 2.12. The number of hydrogen-bond donors (Lipinski definition) is 2. The molecular weight excluding hydrogens is 196 g/mol. The van der Waals surface area contributed by atoms with Gasteiger partial charge in [-0.3, -0.25) is 15.0 Å². The van der Waals surface area contributed by atoms with Crippen molar-refractivity contribution in [2.24, 2.45) is 5.73 Å². The molecule has 0 amide bonds. The van der Waals surface area contributed by atoms with Crippen molar-refractivity contribution in [2.45, 2.75) is 5.25 Å². The van der Waals surface area contributed by atoms with Crippen molar-refractivity contribution in [1.29, 1.82) is 5.41 Å². The summed E-state index contributed by atoms with van der Waals surface area (Å²) in [6, 6.07) is 0. The Morgan fingerprint density at radius 2 is 1.69 bits per heavy atom. The van der Waals surface area contributed by atoms with Gasteiger partial charge in [-0.15, -0.1) is 0 Å².